The predicted molar refractivity (Wildman–Crippen MR) is 75.7 cm³/mol. The molecule has 0 unspecified atom stereocenters. The van der Waals surface area contributed by atoms with Gasteiger partial charge in [-0.05, 0) is 19.1 Å². The molecule has 0 aliphatic carbocycles. The Morgan fingerprint density at radius 1 is 1.42 bits per heavy atom. The summed E-state index contributed by atoms with van der Waals surface area (Å²) in [4.78, 5) is 23.2. The van der Waals surface area contributed by atoms with Crippen LogP contribution in [0.15, 0.2) is 23.8 Å². The standard InChI is InChI=1S/C13H16N4OS/c1-9-12(19-8-16-9)7-17(2)13(18)5-11-4-3-10(14)6-15-11/h3-4,6,8H,5,7,14H2,1-2H3. The molecular formula is C13H16N4OS. The number of anilines is 1. The zero-order valence-electron chi connectivity index (χ0n) is 11.0. The molecule has 0 aromatic carbocycles. The highest BCUT2D eigenvalue weighted by Crippen LogP contribution is 2.14. The number of nitrogens with two attached hydrogens (primary N) is 1. The van der Waals surface area contributed by atoms with E-state index < -0.39 is 0 Å². The van der Waals surface area contributed by atoms with Crippen LogP contribution in [0, 0.1) is 6.92 Å². The van der Waals surface area contributed by atoms with E-state index in [1.165, 1.54) is 0 Å². The van der Waals surface area contributed by atoms with Crippen molar-refractivity contribution in [3.8, 4) is 0 Å². The van der Waals surface area contributed by atoms with Gasteiger partial charge in [0, 0.05) is 17.6 Å². The Bertz CT molecular complexity index is 564. The summed E-state index contributed by atoms with van der Waals surface area (Å²) in [6, 6.07) is 3.53. The minimum Gasteiger partial charge on any atom is -0.397 e. The van der Waals surface area contributed by atoms with E-state index in [1.807, 2.05) is 6.92 Å². The molecule has 2 aromatic rings. The van der Waals surface area contributed by atoms with Crippen molar-refractivity contribution in [2.75, 3.05) is 12.8 Å². The second-order valence-electron chi connectivity index (χ2n) is 4.37. The molecule has 1 amide bonds. The molecule has 0 fully saturated rings. The van der Waals surface area contributed by atoms with Gasteiger partial charge >= 0.3 is 0 Å². The van der Waals surface area contributed by atoms with E-state index in [0.717, 1.165) is 16.3 Å². The van der Waals surface area contributed by atoms with Crippen LogP contribution in [0.4, 0.5) is 5.69 Å². The Morgan fingerprint density at radius 2 is 2.21 bits per heavy atom. The number of aryl methyl sites for hydroxylation is 1. The molecular weight excluding hydrogens is 260 g/mol. The number of thiazole rings is 1. The molecule has 2 heterocycles. The number of hydrogen-bond acceptors (Lipinski definition) is 5. The Hall–Kier alpha value is -1.95. The van der Waals surface area contributed by atoms with Gasteiger partial charge in [0.25, 0.3) is 0 Å². The van der Waals surface area contributed by atoms with E-state index in [9.17, 15) is 4.79 Å². The maximum absolute atomic E-state index is 12.1. The highest BCUT2D eigenvalue weighted by Gasteiger charge is 2.13. The summed E-state index contributed by atoms with van der Waals surface area (Å²) in [6.45, 7) is 2.54. The van der Waals surface area contributed by atoms with E-state index in [0.29, 0.717) is 12.2 Å². The normalized spacial score (nSPS) is 10.4. The van der Waals surface area contributed by atoms with Gasteiger partial charge in [-0.25, -0.2) is 4.98 Å². The molecule has 0 radical (unpaired) electrons. The fraction of sp³-hybridized carbons (Fsp3) is 0.308. The zero-order chi connectivity index (χ0) is 13.8. The quantitative estimate of drug-likeness (QED) is 0.921. The molecule has 2 N–H and O–H groups in total. The largest absolute Gasteiger partial charge is 0.397 e. The highest BCUT2D eigenvalue weighted by molar-refractivity contribution is 7.09. The predicted octanol–water partition coefficient (Wildman–Crippen LogP) is 1.63. The molecule has 0 aliphatic rings. The average Bonchev–Trinajstić information content (AvgIpc) is 2.78. The third-order valence-corrected chi connectivity index (χ3v) is 3.75. The minimum absolute atomic E-state index is 0.0325. The van der Waals surface area contributed by atoms with Crippen LogP contribution in [0.3, 0.4) is 0 Å². The van der Waals surface area contributed by atoms with Crippen LogP contribution in [-0.2, 0) is 17.8 Å². The monoisotopic (exact) mass is 276 g/mol. The molecule has 19 heavy (non-hydrogen) atoms. The lowest BCUT2D eigenvalue weighted by molar-refractivity contribution is -0.129. The molecule has 2 rings (SSSR count). The van der Waals surface area contributed by atoms with Gasteiger partial charge in [-0.15, -0.1) is 11.3 Å². The third kappa shape index (κ3) is 3.51. The van der Waals surface area contributed by atoms with Crippen LogP contribution in [0.25, 0.3) is 0 Å². The summed E-state index contributed by atoms with van der Waals surface area (Å²) in [7, 11) is 1.79. The number of nitrogen functional groups attached to an aromatic ring is 1. The first kappa shape index (κ1) is 13.5. The Kier molecular flexibility index (Phi) is 4.11. The molecule has 100 valence electrons. The van der Waals surface area contributed by atoms with Crippen molar-refractivity contribution >= 4 is 22.9 Å². The fourth-order valence-electron chi connectivity index (χ4n) is 1.61. The lowest BCUT2D eigenvalue weighted by Gasteiger charge is -2.16. The van der Waals surface area contributed by atoms with Gasteiger partial charge in [0.1, 0.15) is 0 Å². The van der Waals surface area contributed by atoms with Crippen LogP contribution in [0.2, 0.25) is 0 Å². The van der Waals surface area contributed by atoms with Gasteiger partial charge in [0.2, 0.25) is 5.91 Å². The SMILES string of the molecule is Cc1ncsc1CN(C)C(=O)Cc1ccc(N)cn1. The van der Waals surface area contributed by atoms with E-state index >= 15 is 0 Å². The molecule has 6 heteroatoms. The highest BCUT2D eigenvalue weighted by atomic mass is 32.1. The van der Waals surface area contributed by atoms with Crippen molar-refractivity contribution in [2.24, 2.45) is 0 Å². The summed E-state index contributed by atoms with van der Waals surface area (Å²) < 4.78 is 0. The number of pyridine rings is 1. The molecule has 0 bridgehead atoms. The van der Waals surface area contributed by atoms with E-state index in [1.54, 1.807) is 47.1 Å². The number of carbonyl (C=O) groups excluding carboxylic acids is 1. The number of aromatic nitrogens is 2. The van der Waals surface area contributed by atoms with Crippen LogP contribution >= 0.6 is 11.3 Å². The fourth-order valence-corrected chi connectivity index (χ4v) is 2.44. The van der Waals surface area contributed by atoms with Crippen LogP contribution < -0.4 is 5.73 Å². The summed E-state index contributed by atoms with van der Waals surface area (Å²) in [5.41, 5.74) is 9.67. The second-order valence-corrected chi connectivity index (χ2v) is 5.31. The van der Waals surface area contributed by atoms with Gasteiger partial charge in [-0.3, -0.25) is 9.78 Å². The molecule has 0 saturated carbocycles. The maximum Gasteiger partial charge on any atom is 0.228 e. The van der Waals surface area contributed by atoms with Crippen molar-refractivity contribution < 1.29 is 4.79 Å². The van der Waals surface area contributed by atoms with Crippen molar-refractivity contribution in [3.05, 3.63) is 40.1 Å². The van der Waals surface area contributed by atoms with E-state index in [4.69, 9.17) is 5.73 Å². The number of likely N-dealkylation sites (N-methyl/N-ethyl adjacent to an activating group) is 1. The Morgan fingerprint density at radius 3 is 2.79 bits per heavy atom. The Labute approximate surface area is 116 Å². The molecule has 0 aliphatic heterocycles. The number of rotatable bonds is 4. The smallest absolute Gasteiger partial charge is 0.228 e. The van der Waals surface area contributed by atoms with Crippen molar-refractivity contribution in [1.29, 1.82) is 0 Å². The number of amides is 1. The maximum atomic E-state index is 12.1. The van der Waals surface area contributed by atoms with E-state index in [-0.39, 0.29) is 12.3 Å². The van der Waals surface area contributed by atoms with Crippen LogP contribution in [0.5, 0.6) is 0 Å². The van der Waals surface area contributed by atoms with Gasteiger partial charge in [0.15, 0.2) is 0 Å². The minimum atomic E-state index is 0.0325. The summed E-state index contributed by atoms with van der Waals surface area (Å²) in [6.07, 6.45) is 1.85. The second kappa shape index (κ2) is 5.79. The van der Waals surface area contributed by atoms with Crippen molar-refractivity contribution in [1.82, 2.24) is 14.9 Å². The molecule has 5 nitrogen and oxygen atoms in total. The Balaban J connectivity index is 1.96. The first-order chi connectivity index (χ1) is 9.06. The summed E-state index contributed by atoms with van der Waals surface area (Å²) in [5, 5.41) is 0. The first-order valence-corrected chi connectivity index (χ1v) is 6.77. The van der Waals surface area contributed by atoms with Gasteiger partial charge in [-0.2, -0.15) is 0 Å². The summed E-state index contributed by atoms with van der Waals surface area (Å²) in [5.74, 6) is 0.0325. The average molecular weight is 276 g/mol. The summed E-state index contributed by atoms with van der Waals surface area (Å²) >= 11 is 1.57. The zero-order valence-corrected chi connectivity index (χ0v) is 11.8. The van der Waals surface area contributed by atoms with Gasteiger partial charge < -0.3 is 10.6 Å². The van der Waals surface area contributed by atoms with E-state index in [2.05, 4.69) is 9.97 Å². The van der Waals surface area contributed by atoms with Crippen LogP contribution in [-0.4, -0.2) is 27.8 Å². The lowest BCUT2D eigenvalue weighted by atomic mass is 10.2. The topological polar surface area (TPSA) is 72.1 Å². The third-order valence-electron chi connectivity index (χ3n) is 2.83. The van der Waals surface area contributed by atoms with Crippen LogP contribution in [0.1, 0.15) is 16.3 Å². The lowest BCUT2D eigenvalue weighted by Crippen LogP contribution is -2.27. The number of hydrogen-bond donors (Lipinski definition) is 1. The van der Waals surface area contributed by atoms with Gasteiger partial charge in [-0.1, -0.05) is 0 Å². The molecule has 0 spiro atoms. The molecule has 2 aromatic heterocycles. The van der Waals surface area contributed by atoms with Gasteiger partial charge in [0.05, 0.1) is 36.1 Å². The number of nitrogens with zero attached hydrogens (tertiary/aromatic N) is 3. The first-order valence-electron chi connectivity index (χ1n) is 5.89. The van der Waals surface area contributed by atoms with Crippen molar-refractivity contribution in [3.63, 3.8) is 0 Å². The molecule has 0 atom stereocenters. The number of carbonyl (C=O) groups is 1. The molecule has 0 saturated heterocycles. The van der Waals surface area contributed by atoms with Crippen molar-refractivity contribution in [2.45, 2.75) is 19.9 Å².